The quantitative estimate of drug-likeness (QED) is 0.883. The highest BCUT2D eigenvalue weighted by molar-refractivity contribution is 7.90. The molecule has 5 nitrogen and oxygen atoms in total. The Hall–Kier alpha value is -1.92. The van der Waals surface area contributed by atoms with E-state index in [0.29, 0.717) is 5.69 Å². The summed E-state index contributed by atoms with van der Waals surface area (Å²) in [5.41, 5.74) is 0.530. The minimum absolute atomic E-state index is 0.134. The van der Waals surface area contributed by atoms with Gasteiger partial charge in [-0.25, -0.2) is 13.4 Å². The van der Waals surface area contributed by atoms with Crippen molar-refractivity contribution < 1.29 is 13.2 Å². The van der Waals surface area contributed by atoms with Crippen LogP contribution >= 0.6 is 11.6 Å². The minimum atomic E-state index is -3.32. The number of halogens is 1. The maximum Gasteiger partial charge on any atom is 0.274 e. The molecule has 2 rings (SSSR count). The zero-order chi connectivity index (χ0) is 14.8. The first-order chi connectivity index (χ1) is 9.36. The molecule has 0 fully saturated rings. The van der Waals surface area contributed by atoms with Crippen LogP contribution in [0, 0.1) is 0 Å². The molecule has 0 saturated carbocycles. The maximum atomic E-state index is 11.9. The number of carbonyl (C=O) groups excluding carboxylic acids is 1. The molecule has 20 heavy (non-hydrogen) atoms. The molecule has 0 aliphatic heterocycles. The molecule has 104 valence electrons. The van der Waals surface area contributed by atoms with Gasteiger partial charge in [0.05, 0.1) is 4.90 Å². The topological polar surface area (TPSA) is 76.1 Å². The van der Waals surface area contributed by atoms with E-state index in [2.05, 4.69) is 10.3 Å². The molecule has 0 radical (unpaired) electrons. The number of nitrogens with zero attached hydrogens (tertiary/aromatic N) is 1. The summed E-state index contributed by atoms with van der Waals surface area (Å²) in [5, 5.41) is 2.78. The van der Waals surface area contributed by atoms with Crippen LogP contribution in [-0.2, 0) is 9.84 Å². The van der Waals surface area contributed by atoms with Crippen LogP contribution in [-0.4, -0.2) is 25.6 Å². The Balaban J connectivity index is 2.25. The lowest BCUT2D eigenvalue weighted by molar-refractivity contribution is 0.102. The monoisotopic (exact) mass is 310 g/mol. The summed E-state index contributed by atoms with van der Waals surface area (Å²) < 4.78 is 22.9. The molecule has 1 aromatic heterocycles. The van der Waals surface area contributed by atoms with Crippen molar-refractivity contribution in [2.24, 2.45) is 0 Å². The summed E-state index contributed by atoms with van der Waals surface area (Å²) in [6.07, 6.45) is 1.10. The Morgan fingerprint density at radius 3 is 2.55 bits per heavy atom. The Labute approximate surface area is 121 Å². The van der Waals surface area contributed by atoms with E-state index < -0.39 is 15.7 Å². The highest BCUT2D eigenvalue weighted by atomic mass is 35.5. The van der Waals surface area contributed by atoms with Gasteiger partial charge in [-0.1, -0.05) is 23.7 Å². The van der Waals surface area contributed by atoms with E-state index in [1.807, 2.05) is 0 Å². The van der Waals surface area contributed by atoms with Gasteiger partial charge < -0.3 is 5.32 Å². The highest BCUT2D eigenvalue weighted by Crippen LogP contribution is 2.16. The SMILES string of the molecule is CS(=O)(=O)c1cccc(NC(=O)c2cccc(Cl)n2)c1. The number of carbonyl (C=O) groups is 1. The second-order valence-corrected chi connectivity index (χ2v) is 6.50. The Morgan fingerprint density at radius 2 is 1.90 bits per heavy atom. The standard InChI is InChI=1S/C13H11ClN2O3S/c1-20(18,19)10-5-2-4-9(8-10)15-13(17)11-6-3-7-12(14)16-11/h2-8H,1H3,(H,15,17). The average Bonchev–Trinajstić information content (AvgIpc) is 2.38. The van der Waals surface area contributed by atoms with Crippen molar-refractivity contribution in [2.75, 3.05) is 11.6 Å². The lowest BCUT2D eigenvalue weighted by Crippen LogP contribution is -2.14. The van der Waals surface area contributed by atoms with E-state index in [4.69, 9.17) is 11.6 Å². The number of amides is 1. The van der Waals surface area contributed by atoms with Gasteiger partial charge in [-0.15, -0.1) is 0 Å². The van der Waals surface area contributed by atoms with Crippen molar-refractivity contribution in [3.8, 4) is 0 Å². The number of sulfone groups is 1. The second kappa shape index (κ2) is 5.60. The fraction of sp³-hybridized carbons (Fsp3) is 0.0769. The van der Waals surface area contributed by atoms with E-state index in [-0.39, 0.29) is 15.7 Å². The molecule has 0 bridgehead atoms. The number of anilines is 1. The molecule has 1 N–H and O–H groups in total. The van der Waals surface area contributed by atoms with E-state index in [1.165, 1.54) is 18.2 Å². The lowest BCUT2D eigenvalue weighted by atomic mass is 10.3. The molecular formula is C13H11ClN2O3S. The van der Waals surface area contributed by atoms with E-state index in [9.17, 15) is 13.2 Å². The zero-order valence-corrected chi connectivity index (χ0v) is 12.1. The average molecular weight is 311 g/mol. The third-order valence-electron chi connectivity index (χ3n) is 2.47. The van der Waals surface area contributed by atoms with Crippen LogP contribution < -0.4 is 5.32 Å². The van der Waals surface area contributed by atoms with Gasteiger partial charge in [0.15, 0.2) is 9.84 Å². The van der Waals surface area contributed by atoms with Gasteiger partial charge in [0.1, 0.15) is 10.8 Å². The Kier molecular flexibility index (Phi) is 4.06. The summed E-state index contributed by atoms with van der Waals surface area (Å²) in [6.45, 7) is 0. The normalized spacial score (nSPS) is 11.1. The van der Waals surface area contributed by atoms with Crippen molar-refractivity contribution >= 4 is 33.0 Å². The van der Waals surface area contributed by atoms with Crippen molar-refractivity contribution in [1.29, 1.82) is 0 Å². The van der Waals surface area contributed by atoms with Gasteiger partial charge in [0.2, 0.25) is 0 Å². The first kappa shape index (κ1) is 14.5. The third kappa shape index (κ3) is 3.55. The van der Waals surface area contributed by atoms with Crippen molar-refractivity contribution in [3.05, 3.63) is 53.3 Å². The first-order valence-corrected chi connectivity index (χ1v) is 7.87. The first-order valence-electron chi connectivity index (χ1n) is 5.60. The summed E-state index contributed by atoms with van der Waals surface area (Å²) >= 11 is 5.71. The number of rotatable bonds is 3. The smallest absolute Gasteiger partial charge is 0.274 e. The lowest BCUT2D eigenvalue weighted by Gasteiger charge is -2.06. The van der Waals surface area contributed by atoms with Crippen LogP contribution in [0.15, 0.2) is 47.4 Å². The van der Waals surface area contributed by atoms with Crippen LogP contribution in [0.1, 0.15) is 10.5 Å². The number of hydrogen-bond donors (Lipinski definition) is 1. The Morgan fingerprint density at radius 1 is 1.20 bits per heavy atom. The predicted molar refractivity (Wildman–Crippen MR) is 76.8 cm³/mol. The summed E-state index contributed by atoms with van der Waals surface area (Å²) in [7, 11) is -3.32. The fourth-order valence-electron chi connectivity index (χ4n) is 1.53. The Bertz CT molecular complexity index is 760. The molecule has 0 aliphatic carbocycles. The molecule has 7 heteroatoms. The van der Waals surface area contributed by atoms with E-state index >= 15 is 0 Å². The molecule has 2 aromatic rings. The number of benzene rings is 1. The van der Waals surface area contributed by atoms with Gasteiger partial charge in [-0.2, -0.15) is 0 Å². The molecule has 1 aromatic carbocycles. The van der Waals surface area contributed by atoms with Crippen LogP contribution in [0.4, 0.5) is 5.69 Å². The van der Waals surface area contributed by atoms with Gasteiger partial charge in [0, 0.05) is 11.9 Å². The maximum absolute atomic E-state index is 11.9. The minimum Gasteiger partial charge on any atom is -0.321 e. The zero-order valence-electron chi connectivity index (χ0n) is 10.5. The molecule has 1 amide bonds. The van der Waals surface area contributed by atoms with Crippen LogP contribution in [0.25, 0.3) is 0 Å². The van der Waals surface area contributed by atoms with Crippen molar-refractivity contribution in [1.82, 2.24) is 4.98 Å². The summed E-state index contributed by atoms with van der Waals surface area (Å²) in [4.78, 5) is 16.0. The largest absolute Gasteiger partial charge is 0.321 e. The number of pyridine rings is 1. The second-order valence-electron chi connectivity index (χ2n) is 4.10. The fourth-order valence-corrected chi connectivity index (χ4v) is 2.36. The number of aromatic nitrogens is 1. The summed E-state index contributed by atoms with van der Waals surface area (Å²) in [5.74, 6) is -0.460. The molecule has 0 saturated heterocycles. The molecule has 0 unspecified atom stereocenters. The number of nitrogens with one attached hydrogen (secondary N) is 1. The molecule has 0 aliphatic rings. The van der Waals surface area contributed by atoms with Gasteiger partial charge in [0.25, 0.3) is 5.91 Å². The third-order valence-corrected chi connectivity index (χ3v) is 3.79. The van der Waals surface area contributed by atoms with Crippen molar-refractivity contribution in [3.63, 3.8) is 0 Å². The van der Waals surface area contributed by atoms with E-state index in [1.54, 1.807) is 24.3 Å². The van der Waals surface area contributed by atoms with Gasteiger partial charge in [-0.05, 0) is 30.3 Å². The molecular weight excluding hydrogens is 300 g/mol. The predicted octanol–water partition coefficient (Wildman–Crippen LogP) is 2.39. The number of hydrogen-bond acceptors (Lipinski definition) is 4. The van der Waals surface area contributed by atoms with Crippen molar-refractivity contribution in [2.45, 2.75) is 4.90 Å². The van der Waals surface area contributed by atoms with E-state index in [0.717, 1.165) is 6.26 Å². The van der Waals surface area contributed by atoms with Crippen LogP contribution in [0.2, 0.25) is 5.15 Å². The summed E-state index contributed by atoms with van der Waals surface area (Å²) in [6, 6.07) is 10.7. The van der Waals surface area contributed by atoms with Crippen LogP contribution in [0.3, 0.4) is 0 Å². The highest BCUT2D eigenvalue weighted by Gasteiger charge is 2.11. The van der Waals surface area contributed by atoms with Gasteiger partial charge in [-0.3, -0.25) is 4.79 Å². The molecule has 1 heterocycles. The van der Waals surface area contributed by atoms with Crippen LogP contribution in [0.5, 0.6) is 0 Å². The molecule has 0 atom stereocenters. The van der Waals surface area contributed by atoms with Gasteiger partial charge >= 0.3 is 0 Å². The molecule has 0 spiro atoms.